The van der Waals surface area contributed by atoms with Gasteiger partial charge in [-0.05, 0) is 37.5 Å². The van der Waals surface area contributed by atoms with Crippen LogP contribution in [0.4, 0.5) is 0 Å². The van der Waals surface area contributed by atoms with Crippen molar-refractivity contribution < 1.29 is 9.59 Å². The Morgan fingerprint density at radius 2 is 2.00 bits per heavy atom. The highest BCUT2D eigenvalue weighted by molar-refractivity contribution is 6.31. The Labute approximate surface area is 146 Å². The van der Waals surface area contributed by atoms with Crippen LogP contribution in [-0.4, -0.2) is 28.6 Å². The standard InChI is InChI=1S/C19H19ClN2O2/c1-22(18(24)14-7-6-12-21-13-14)19(11-5-4-10-17(19)23)15-8-2-3-9-16(15)20/h2-3,6-9,12-13H,4-5,10-11H2,1H3/t19-/m0/s1. The quantitative estimate of drug-likeness (QED) is 0.851. The van der Waals surface area contributed by atoms with Gasteiger partial charge in [-0.15, -0.1) is 0 Å². The minimum absolute atomic E-state index is 0.0431. The summed E-state index contributed by atoms with van der Waals surface area (Å²) < 4.78 is 0. The molecule has 3 rings (SSSR count). The number of aromatic nitrogens is 1. The van der Waals surface area contributed by atoms with Crippen molar-refractivity contribution in [2.75, 3.05) is 7.05 Å². The van der Waals surface area contributed by atoms with Gasteiger partial charge in [0.2, 0.25) is 0 Å². The van der Waals surface area contributed by atoms with Crippen LogP contribution in [-0.2, 0) is 10.3 Å². The SMILES string of the molecule is CN(C(=O)c1cccnc1)[C@]1(c2ccccc2Cl)CCCCC1=O. The van der Waals surface area contributed by atoms with Crippen molar-refractivity contribution in [1.29, 1.82) is 0 Å². The molecule has 1 aromatic carbocycles. The summed E-state index contributed by atoms with van der Waals surface area (Å²) in [6.45, 7) is 0. The lowest BCUT2D eigenvalue weighted by Crippen LogP contribution is -2.54. The van der Waals surface area contributed by atoms with Crippen LogP contribution in [0, 0.1) is 0 Å². The van der Waals surface area contributed by atoms with Gasteiger partial charge in [0, 0.05) is 36.4 Å². The highest BCUT2D eigenvalue weighted by Crippen LogP contribution is 2.42. The lowest BCUT2D eigenvalue weighted by Gasteiger charge is -2.44. The summed E-state index contributed by atoms with van der Waals surface area (Å²) in [4.78, 5) is 31.5. The van der Waals surface area contributed by atoms with E-state index in [-0.39, 0.29) is 11.7 Å². The van der Waals surface area contributed by atoms with E-state index in [2.05, 4.69) is 4.98 Å². The van der Waals surface area contributed by atoms with Crippen molar-refractivity contribution in [3.05, 3.63) is 64.9 Å². The fraction of sp³-hybridized carbons (Fsp3) is 0.316. The number of amides is 1. The summed E-state index contributed by atoms with van der Waals surface area (Å²) >= 11 is 6.40. The third-order valence-corrected chi connectivity index (χ3v) is 5.09. The lowest BCUT2D eigenvalue weighted by molar-refractivity contribution is -0.132. The molecule has 24 heavy (non-hydrogen) atoms. The van der Waals surface area contributed by atoms with Gasteiger partial charge in [0.1, 0.15) is 5.54 Å². The topological polar surface area (TPSA) is 50.3 Å². The fourth-order valence-corrected chi connectivity index (χ4v) is 3.78. The Morgan fingerprint density at radius 1 is 1.21 bits per heavy atom. The third-order valence-electron chi connectivity index (χ3n) is 4.76. The second kappa shape index (κ2) is 6.73. The molecule has 1 aliphatic carbocycles. The van der Waals surface area contributed by atoms with E-state index >= 15 is 0 Å². The molecule has 1 fully saturated rings. The van der Waals surface area contributed by atoms with Gasteiger partial charge in [-0.3, -0.25) is 14.6 Å². The van der Waals surface area contributed by atoms with E-state index in [1.807, 2.05) is 18.2 Å². The monoisotopic (exact) mass is 342 g/mol. The zero-order chi connectivity index (χ0) is 17.2. The number of nitrogens with zero attached hydrogens (tertiary/aromatic N) is 2. The number of pyridine rings is 1. The van der Waals surface area contributed by atoms with E-state index in [9.17, 15) is 9.59 Å². The summed E-state index contributed by atoms with van der Waals surface area (Å²) in [6.07, 6.45) is 5.90. The second-order valence-corrected chi connectivity index (χ2v) is 6.48. The summed E-state index contributed by atoms with van der Waals surface area (Å²) in [5.74, 6) is -0.181. The molecule has 1 heterocycles. The molecule has 0 N–H and O–H groups in total. The highest BCUT2D eigenvalue weighted by atomic mass is 35.5. The average Bonchev–Trinajstić information content (AvgIpc) is 2.62. The first-order valence-electron chi connectivity index (χ1n) is 8.04. The van der Waals surface area contributed by atoms with Gasteiger partial charge in [0.15, 0.2) is 5.78 Å². The van der Waals surface area contributed by atoms with Gasteiger partial charge in [-0.2, -0.15) is 0 Å². The summed E-state index contributed by atoms with van der Waals surface area (Å²) in [6, 6.07) is 10.7. The van der Waals surface area contributed by atoms with Crippen molar-refractivity contribution in [1.82, 2.24) is 9.88 Å². The molecule has 1 aromatic heterocycles. The van der Waals surface area contributed by atoms with Crippen LogP contribution in [0.2, 0.25) is 5.02 Å². The van der Waals surface area contributed by atoms with Crippen molar-refractivity contribution in [2.45, 2.75) is 31.2 Å². The van der Waals surface area contributed by atoms with Crippen LogP contribution in [0.25, 0.3) is 0 Å². The van der Waals surface area contributed by atoms with Crippen LogP contribution in [0.1, 0.15) is 41.6 Å². The minimum atomic E-state index is -1.01. The summed E-state index contributed by atoms with van der Waals surface area (Å²) in [5.41, 5.74) is 0.157. The first-order valence-corrected chi connectivity index (χ1v) is 8.41. The number of likely N-dealkylation sites (N-methyl/N-ethyl adjacent to an activating group) is 1. The van der Waals surface area contributed by atoms with Crippen molar-refractivity contribution in [3.63, 3.8) is 0 Å². The van der Waals surface area contributed by atoms with Crippen LogP contribution < -0.4 is 0 Å². The molecule has 5 heteroatoms. The molecule has 0 radical (unpaired) electrons. The maximum Gasteiger partial charge on any atom is 0.256 e. The van der Waals surface area contributed by atoms with E-state index in [0.29, 0.717) is 29.0 Å². The minimum Gasteiger partial charge on any atom is -0.325 e. The van der Waals surface area contributed by atoms with Crippen LogP contribution in [0.3, 0.4) is 0 Å². The number of rotatable bonds is 3. The molecule has 1 saturated carbocycles. The predicted molar refractivity (Wildman–Crippen MR) is 92.9 cm³/mol. The molecule has 1 aliphatic rings. The largest absolute Gasteiger partial charge is 0.325 e. The molecular weight excluding hydrogens is 324 g/mol. The molecule has 0 bridgehead atoms. The smallest absolute Gasteiger partial charge is 0.256 e. The fourth-order valence-electron chi connectivity index (χ4n) is 3.49. The molecule has 124 valence electrons. The average molecular weight is 343 g/mol. The number of ketones is 1. The molecule has 0 spiro atoms. The Bertz CT molecular complexity index is 763. The number of benzene rings is 1. The predicted octanol–water partition coefficient (Wildman–Crippen LogP) is 3.85. The zero-order valence-electron chi connectivity index (χ0n) is 13.5. The lowest BCUT2D eigenvalue weighted by atomic mass is 9.74. The normalized spacial score (nSPS) is 20.7. The first kappa shape index (κ1) is 16.7. The summed E-state index contributed by atoms with van der Waals surface area (Å²) in [5, 5.41) is 0.513. The molecule has 2 aromatic rings. The number of Topliss-reactive ketones (excluding diaryl/α,β-unsaturated/α-hetero) is 1. The molecular formula is C19H19ClN2O2. The van der Waals surface area contributed by atoms with Crippen molar-refractivity contribution >= 4 is 23.3 Å². The molecule has 0 aliphatic heterocycles. The number of halogens is 1. The zero-order valence-corrected chi connectivity index (χ0v) is 14.3. The van der Waals surface area contributed by atoms with E-state index in [1.165, 1.54) is 6.20 Å². The molecule has 1 atom stereocenters. The number of hydrogen-bond donors (Lipinski definition) is 0. The maximum atomic E-state index is 13.0. The molecule has 4 nitrogen and oxygen atoms in total. The van der Waals surface area contributed by atoms with Gasteiger partial charge in [-0.1, -0.05) is 29.8 Å². The number of carbonyl (C=O) groups is 2. The van der Waals surface area contributed by atoms with Gasteiger partial charge in [0.25, 0.3) is 5.91 Å². The van der Waals surface area contributed by atoms with Crippen molar-refractivity contribution in [2.24, 2.45) is 0 Å². The van der Waals surface area contributed by atoms with E-state index < -0.39 is 5.54 Å². The second-order valence-electron chi connectivity index (χ2n) is 6.08. The Kier molecular flexibility index (Phi) is 4.67. The number of carbonyl (C=O) groups excluding carboxylic acids is 2. The van der Waals surface area contributed by atoms with Gasteiger partial charge >= 0.3 is 0 Å². The van der Waals surface area contributed by atoms with E-state index in [0.717, 1.165) is 12.8 Å². The first-order chi connectivity index (χ1) is 11.6. The number of hydrogen-bond acceptors (Lipinski definition) is 3. The van der Waals surface area contributed by atoms with Crippen LogP contribution in [0.15, 0.2) is 48.8 Å². The van der Waals surface area contributed by atoms with Gasteiger partial charge < -0.3 is 4.90 Å². The molecule has 1 amide bonds. The van der Waals surface area contributed by atoms with Crippen LogP contribution >= 0.6 is 11.6 Å². The Hall–Kier alpha value is -2.20. The van der Waals surface area contributed by atoms with Gasteiger partial charge in [0.05, 0.1) is 5.56 Å². The summed E-state index contributed by atoms with van der Waals surface area (Å²) in [7, 11) is 1.68. The molecule has 0 unspecified atom stereocenters. The van der Waals surface area contributed by atoms with E-state index in [4.69, 9.17) is 11.6 Å². The maximum absolute atomic E-state index is 13.0. The van der Waals surface area contributed by atoms with Crippen LogP contribution in [0.5, 0.6) is 0 Å². The Balaban J connectivity index is 2.10. The van der Waals surface area contributed by atoms with Crippen molar-refractivity contribution in [3.8, 4) is 0 Å². The van der Waals surface area contributed by atoms with Gasteiger partial charge in [-0.25, -0.2) is 0 Å². The highest BCUT2D eigenvalue weighted by Gasteiger charge is 2.48. The van der Waals surface area contributed by atoms with E-state index in [1.54, 1.807) is 36.3 Å². The Morgan fingerprint density at radius 3 is 2.67 bits per heavy atom. The third kappa shape index (κ3) is 2.71. The molecule has 0 saturated heterocycles.